The topological polar surface area (TPSA) is 49.3 Å². The van der Waals surface area contributed by atoms with E-state index in [1.54, 1.807) is 12.1 Å². The summed E-state index contributed by atoms with van der Waals surface area (Å²) in [6, 6.07) is 4.75. The molecule has 4 heteroatoms. The number of benzene rings is 1. The number of phenols is 1. The zero-order valence-corrected chi connectivity index (χ0v) is 12.0. The molecule has 1 rings (SSSR count). The van der Waals surface area contributed by atoms with Crippen molar-refractivity contribution in [3.05, 3.63) is 29.3 Å². The second kappa shape index (κ2) is 5.54. The van der Waals surface area contributed by atoms with Gasteiger partial charge < -0.3 is 10.4 Å². The predicted octanol–water partition coefficient (Wildman–Crippen LogP) is 2.85. The van der Waals surface area contributed by atoms with Crippen LogP contribution in [0.3, 0.4) is 0 Å². The van der Waals surface area contributed by atoms with E-state index in [-0.39, 0.29) is 17.1 Å². The van der Waals surface area contributed by atoms with E-state index in [9.17, 15) is 9.90 Å². The molecule has 0 saturated heterocycles. The molecule has 0 saturated carbocycles. The van der Waals surface area contributed by atoms with Crippen molar-refractivity contribution in [2.45, 2.75) is 20.8 Å². The summed E-state index contributed by atoms with van der Waals surface area (Å²) in [7, 11) is 0. The predicted molar refractivity (Wildman–Crippen MR) is 72.8 cm³/mol. The Morgan fingerprint density at radius 3 is 2.65 bits per heavy atom. The first kappa shape index (κ1) is 14.0. The zero-order valence-electron chi connectivity index (χ0n) is 10.4. The molecule has 0 aliphatic heterocycles. The minimum absolute atomic E-state index is 0.0283. The summed E-state index contributed by atoms with van der Waals surface area (Å²) in [5, 5.41) is 13.0. The fourth-order valence-electron chi connectivity index (χ4n) is 1.36. The van der Waals surface area contributed by atoms with E-state index in [1.807, 2.05) is 6.92 Å². The van der Waals surface area contributed by atoms with Crippen LogP contribution in [-0.2, 0) is 0 Å². The number of nitrogens with one attached hydrogen (secondary N) is 1. The van der Waals surface area contributed by atoms with Crippen LogP contribution in [0.25, 0.3) is 0 Å². The molecule has 94 valence electrons. The molecule has 1 amide bonds. The smallest absolute Gasteiger partial charge is 0.251 e. The van der Waals surface area contributed by atoms with E-state index >= 15 is 0 Å². The maximum absolute atomic E-state index is 11.9. The minimum atomic E-state index is -0.100. The SMILES string of the molecule is Cc1cc(O)ccc1C(=O)NCC(C)(C)CBr. The first-order chi connectivity index (χ1) is 7.85. The number of hydrogen-bond acceptors (Lipinski definition) is 2. The van der Waals surface area contributed by atoms with Crippen LogP contribution in [0.5, 0.6) is 5.75 Å². The molecular weight excluding hydrogens is 282 g/mol. The number of amides is 1. The van der Waals surface area contributed by atoms with E-state index in [0.29, 0.717) is 12.1 Å². The number of carbonyl (C=O) groups excluding carboxylic acids is 1. The molecular formula is C13H18BrNO2. The van der Waals surface area contributed by atoms with Gasteiger partial charge in [-0.25, -0.2) is 0 Å². The second-order valence-corrected chi connectivity index (χ2v) is 5.54. The number of aryl methyl sites for hydroxylation is 1. The van der Waals surface area contributed by atoms with E-state index < -0.39 is 0 Å². The number of phenolic OH excluding ortho intramolecular Hbond substituents is 1. The van der Waals surface area contributed by atoms with Gasteiger partial charge in [-0.1, -0.05) is 29.8 Å². The van der Waals surface area contributed by atoms with Crippen molar-refractivity contribution in [3.8, 4) is 5.75 Å². The van der Waals surface area contributed by atoms with E-state index in [2.05, 4.69) is 35.1 Å². The Kier molecular flexibility index (Phi) is 4.57. The van der Waals surface area contributed by atoms with Crippen molar-refractivity contribution < 1.29 is 9.90 Å². The zero-order chi connectivity index (χ0) is 13.1. The van der Waals surface area contributed by atoms with Crippen LogP contribution in [0, 0.1) is 12.3 Å². The van der Waals surface area contributed by atoms with Crippen LogP contribution in [0.15, 0.2) is 18.2 Å². The molecule has 0 unspecified atom stereocenters. The van der Waals surface area contributed by atoms with Gasteiger partial charge in [-0.3, -0.25) is 4.79 Å². The van der Waals surface area contributed by atoms with Crippen molar-refractivity contribution in [1.29, 1.82) is 0 Å². The van der Waals surface area contributed by atoms with Gasteiger partial charge in [0.2, 0.25) is 0 Å². The Labute approximate surface area is 110 Å². The van der Waals surface area contributed by atoms with Crippen molar-refractivity contribution in [1.82, 2.24) is 5.32 Å². The summed E-state index contributed by atoms with van der Waals surface area (Å²) < 4.78 is 0. The van der Waals surface area contributed by atoms with Crippen LogP contribution < -0.4 is 5.32 Å². The number of halogens is 1. The molecule has 0 aliphatic carbocycles. The number of rotatable bonds is 4. The molecule has 1 aromatic carbocycles. The average molecular weight is 300 g/mol. The number of aromatic hydroxyl groups is 1. The number of carbonyl (C=O) groups is 1. The minimum Gasteiger partial charge on any atom is -0.508 e. The maximum atomic E-state index is 11.9. The number of hydrogen-bond donors (Lipinski definition) is 2. The Morgan fingerprint density at radius 2 is 2.12 bits per heavy atom. The van der Waals surface area contributed by atoms with Gasteiger partial charge in [0, 0.05) is 17.4 Å². The summed E-state index contributed by atoms with van der Waals surface area (Å²) in [5.74, 6) is 0.0800. The van der Waals surface area contributed by atoms with Crippen LogP contribution in [0.2, 0.25) is 0 Å². The summed E-state index contributed by atoms with van der Waals surface area (Å²) in [5.41, 5.74) is 1.41. The molecule has 0 heterocycles. The highest BCUT2D eigenvalue weighted by molar-refractivity contribution is 9.09. The summed E-state index contributed by atoms with van der Waals surface area (Å²) >= 11 is 3.42. The van der Waals surface area contributed by atoms with Gasteiger partial charge >= 0.3 is 0 Å². The molecule has 0 aliphatic rings. The Bertz CT molecular complexity index is 416. The quantitative estimate of drug-likeness (QED) is 0.840. The molecule has 0 aromatic heterocycles. The Morgan fingerprint density at radius 1 is 1.47 bits per heavy atom. The van der Waals surface area contributed by atoms with Gasteiger partial charge in [-0.15, -0.1) is 0 Å². The third kappa shape index (κ3) is 4.04. The van der Waals surface area contributed by atoms with E-state index in [4.69, 9.17) is 0 Å². The van der Waals surface area contributed by atoms with Gasteiger partial charge in [0.15, 0.2) is 0 Å². The first-order valence-corrected chi connectivity index (χ1v) is 6.62. The highest BCUT2D eigenvalue weighted by atomic mass is 79.9. The van der Waals surface area contributed by atoms with Crippen LogP contribution in [0.1, 0.15) is 29.8 Å². The van der Waals surface area contributed by atoms with Crippen molar-refractivity contribution in [2.75, 3.05) is 11.9 Å². The monoisotopic (exact) mass is 299 g/mol. The second-order valence-electron chi connectivity index (χ2n) is 4.98. The molecule has 0 radical (unpaired) electrons. The summed E-state index contributed by atoms with van der Waals surface area (Å²) in [6.07, 6.45) is 0. The van der Waals surface area contributed by atoms with Crippen LogP contribution in [0.4, 0.5) is 0 Å². The van der Waals surface area contributed by atoms with Crippen molar-refractivity contribution in [3.63, 3.8) is 0 Å². The van der Waals surface area contributed by atoms with Crippen molar-refractivity contribution >= 4 is 21.8 Å². The molecule has 3 nitrogen and oxygen atoms in total. The van der Waals surface area contributed by atoms with Crippen LogP contribution in [-0.4, -0.2) is 22.9 Å². The lowest BCUT2D eigenvalue weighted by molar-refractivity contribution is 0.0939. The lowest BCUT2D eigenvalue weighted by Gasteiger charge is -2.22. The van der Waals surface area contributed by atoms with Gasteiger partial charge in [0.25, 0.3) is 5.91 Å². The average Bonchev–Trinajstić information content (AvgIpc) is 2.26. The molecule has 2 N–H and O–H groups in total. The molecule has 0 spiro atoms. The van der Waals surface area contributed by atoms with Crippen molar-refractivity contribution in [2.24, 2.45) is 5.41 Å². The van der Waals surface area contributed by atoms with Gasteiger partial charge in [0.05, 0.1) is 0 Å². The fraction of sp³-hybridized carbons (Fsp3) is 0.462. The highest BCUT2D eigenvalue weighted by Gasteiger charge is 2.18. The highest BCUT2D eigenvalue weighted by Crippen LogP contribution is 2.18. The van der Waals surface area contributed by atoms with Crippen LogP contribution >= 0.6 is 15.9 Å². The van der Waals surface area contributed by atoms with E-state index in [1.165, 1.54) is 6.07 Å². The third-order valence-electron chi connectivity index (χ3n) is 2.54. The lowest BCUT2D eigenvalue weighted by Crippen LogP contribution is -2.35. The normalized spacial score (nSPS) is 11.3. The summed E-state index contributed by atoms with van der Waals surface area (Å²) in [4.78, 5) is 11.9. The summed E-state index contributed by atoms with van der Waals surface area (Å²) in [6.45, 7) is 6.57. The lowest BCUT2D eigenvalue weighted by atomic mass is 9.96. The molecule has 1 aromatic rings. The molecule has 0 bridgehead atoms. The maximum Gasteiger partial charge on any atom is 0.251 e. The van der Waals surface area contributed by atoms with E-state index in [0.717, 1.165) is 10.9 Å². The van der Waals surface area contributed by atoms with Gasteiger partial charge in [-0.05, 0) is 36.1 Å². The molecule has 0 atom stereocenters. The fourth-order valence-corrected chi connectivity index (χ4v) is 1.56. The third-order valence-corrected chi connectivity index (χ3v) is 4.06. The molecule has 17 heavy (non-hydrogen) atoms. The standard InChI is InChI=1S/C13H18BrNO2/c1-9-6-10(16)4-5-11(9)12(17)15-8-13(2,3)7-14/h4-6,16H,7-8H2,1-3H3,(H,15,17). The van der Waals surface area contributed by atoms with Gasteiger partial charge in [-0.2, -0.15) is 0 Å². The Balaban J connectivity index is 2.71. The first-order valence-electron chi connectivity index (χ1n) is 5.49. The Hall–Kier alpha value is -1.03. The van der Waals surface area contributed by atoms with Gasteiger partial charge in [0.1, 0.15) is 5.75 Å². The number of alkyl halides is 1. The largest absolute Gasteiger partial charge is 0.508 e. The molecule has 0 fully saturated rings.